The van der Waals surface area contributed by atoms with Crippen LogP contribution >= 0.6 is 36.6 Å². The van der Waals surface area contributed by atoms with Gasteiger partial charge in [0.25, 0.3) is 5.12 Å². The van der Waals surface area contributed by atoms with Gasteiger partial charge in [-0.25, -0.2) is 14.9 Å². The molecule has 0 aromatic heterocycles. The van der Waals surface area contributed by atoms with Crippen molar-refractivity contribution in [3.05, 3.63) is 34.5 Å². The van der Waals surface area contributed by atoms with E-state index in [1.165, 1.54) is 5.56 Å². The Morgan fingerprint density at radius 1 is 1.19 bits per heavy atom. The number of fused-ring (bicyclic) bond motifs is 1. The SMILES string of the molecule is CCSC1(N2CCOCC2)N=c2ccc(C)cc2=N1.Cl.Cl. The fourth-order valence-electron chi connectivity index (χ4n) is 2.50. The Hall–Kier alpha value is -0.330. The maximum absolute atomic E-state index is 5.44. The Bertz CT molecular complexity index is 592. The van der Waals surface area contributed by atoms with Crippen LogP contribution in [-0.4, -0.2) is 42.1 Å². The van der Waals surface area contributed by atoms with Crippen LogP contribution in [0.1, 0.15) is 12.5 Å². The highest BCUT2D eigenvalue weighted by molar-refractivity contribution is 8.00. The van der Waals surface area contributed by atoms with Crippen LogP contribution < -0.4 is 10.7 Å². The van der Waals surface area contributed by atoms with Crippen molar-refractivity contribution in [2.45, 2.75) is 19.0 Å². The molecule has 0 aliphatic carbocycles. The molecule has 1 aromatic carbocycles. The number of nitrogens with zero attached hydrogens (tertiary/aromatic N) is 3. The minimum Gasteiger partial charge on any atom is -0.379 e. The first-order valence-corrected chi connectivity index (χ1v) is 7.75. The number of aryl methyl sites for hydroxylation is 1. The number of morpholine rings is 1. The zero-order valence-electron chi connectivity index (χ0n) is 12.2. The van der Waals surface area contributed by atoms with Gasteiger partial charge in [0.2, 0.25) is 0 Å². The Morgan fingerprint density at radius 2 is 1.86 bits per heavy atom. The molecule has 1 atom stereocenters. The molecule has 0 radical (unpaired) electrons. The highest BCUT2D eigenvalue weighted by Crippen LogP contribution is 2.33. The quantitative estimate of drug-likeness (QED) is 0.834. The lowest BCUT2D eigenvalue weighted by molar-refractivity contribution is 0.0111. The summed E-state index contributed by atoms with van der Waals surface area (Å²) in [6, 6.07) is 6.30. The molecule has 2 heterocycles. The van der Waals surface area contributed by atoms with Crippen molar-refractivity contribution in [1.29, 1.82) is 0 Å². The number of hydrogen-bond acceptors (Lipinski definition) is 5. The molecule has 3 rings (SSSR count). The van der Waals surface area contributed by atoms with Crippen LogP contribution in [0.15, 0.2) is 28.2 Å². The number of ether oxygens (including phenoxy) is 1. The fourth-order valence-corrected chi connectivity index (χ4v) is 3.58. The normalized spacial score (nSPS) is 24.1. The van der Waals surface area contributed by atoms with E-state index in [9.17, 15) is 0 Å². The summed E-state index contributed by atoms with van der Waals surface area (Å²) in [6.45, 7) is 7.59. The lowest BCUT2D eigenvalue weighted by Crippen LogP contribution is -2.49. The van der Waals surface area contributed by atoms with Crippen molar-refractivity contribution in [2.75, 3.05) is 32.1 Å². The van der Waals surface area contributed by atoms with E-state index in [-0.39, 0.29) is 24.8 Å². The van der Waals surface area contributed by atoms with E-state index in [1.807, 2.05) is 0 Å². The average molecular weight is 350 g/mol. The number of rotatable bonds is 3. The topological polar surface area (TPSA) is 37.2 Å². The predicted octanol–water partition coefficient (Wildman–Crippen LogP) is 1.79. The van der Waals surface area contributed by atoms with Crippen molar-refractivity contribution >= 4 is 36.6 Å². The van der Waals surface area contributed by atoms with E-state index < -0.39 is 5.12 Å². The van der Waals surface area contributed by atoms with Gasteiger partial charge < -0.3 is 4.74 Å². The molecular formula is C14H21Cl2N3OS. The monoisotopic (exact) mass is 349 g/mol. The van der Waals surface area contributed by atoms with E-state index in [0.29, 0.717) is 0 Å². The van der Waals surface area contributed by atoms with Crippen molar-refractivity contribution < 1.29 is 4.74 Å². The summed E-state index contributed by atoms with van der Waals surface area (Å²) in [4.78, 5) is 12.2. The van der Waals surface area contributed by atoms with Crippen LogP contribution in [0.5, 0.6) is 0 Å². The van der Waals surface area contributed by atoms with Crippen LogP contribution in [0, 0.1) is 6.92 Å². The maximum atomic E-state index is 5.44. The zero-order valence-corrected chi connectivity index (χ0v) is 14.7. The second kappa shape index (κ2) is 7.79. The largest absolute Gasteiger partial charge is 0.379 e. The molecule has 1 saturated heterocycles. The molecule has 0 spiro atoms. The molecule has 0 saturated carbocycles. The summed E-state index contributed by atoms with van der Waals surface area (Å²) in [5.41, 5.74) is 1.23. The minimum absolute atomic E-state index is 0. The Kier molecular flexibility index (Phi) is 6.94. The van der Waals surface area contributed by atoms with Crippen LogP contribution in [0.25, 0.3) is 0 Å². The van der Waals surface area contributed by atoms with Gasteiger partial charge in [0, 0.05) is 13.1 Å². The van der Waals surface area contributed by atoms with Gasteiger partial charge in [-0.05, 0) is 30.4 Å². The molecule has 118 valence electrons. The van der Waals surface area contributed by atoms with Crippen LogP contribution in [0.4, 0.5) is 0 Å². The van der Waals surface area contributed by atoms with E-state index in [4.69, 9.17) is 14.7 Å². The first-order chi connectivity index (χ1) is 9.23. The van der Waals surface area contributed by atoms with Gasteiger partial charge in [-0.15, -0.1) is 24.8 Å². The second-order valence-corrected chi connectivity index (χ2v) is 6.24. The first-order valence-electron chi connectivity index (χ1n) is 6.77. The van der Waals surface area contributed by atoms with E-state index in [1.54, 1.807) is 11.8 Å². The molecule has 0 bridgehead atoms. The smallest absolute Gasteiger partial charge is 0.258 e. The van der Waals surface area contributed by atoms with Crippen LogP contribution in [-0.2, 0) is 4.74 Å². The highest BCUT2D eigenvalue weighted by atomic mass is 35.5. The summed E-state index contributed by atoms with van der Waals surface area (Å²) in [6.07, 6.45) is 0. The van der Waals surface area contributed by atoms with Crippen LogP contribution in [0.2, 0.25) is 0 Å². The lowest BCUT2D eigenvalue weighted by atomic mass is 10.2. The lowest BCUT2D eigenvalue weighted by Gasteiger charge is -2.37. The molecule has 21 heavy (non-hydrogen) atoms. The van der Waals surface area contributed by atoms with E-state index >= 15 is 0 Å². The van der Waals surface area contributed by atoms with Crippen molar-refractivity contribution in [1.82, 2.24) is 4.90 Å². The molecule has 2 aliphatic heterocycles. The minimum atomic E-state index is -0.464. The average Bonchev–Trinajstić information content (AvgIpc) is 2.79. The Balaban J connectivity index is 0.00000110. The van der Waals surface area contributed by atoms with E-state index in [2.05, 4.69) is 36.9 Å². The van der Waals surface area contributed by atoms with Crippen molar-refractivity contribution in [2.24, 2.45) is 9.98 Å². The summed E-state index contributed by atoms with van der Waals surface area (Å²) in [5.74, 6) is 0.997. The second-order valence-electron chi connectivity index (χ2n) is 4.82. The molecule has 1 aromatic rings. The number of hydrogen-bond donors (Lipinski definition) is 0. The van der Waals surface area contributed by atoms with Gasteiger partial charge in [0.1, 0.15) is 0 Å². The summed E-state index contributed by atoms with van der Waals surface area (Å²) in [5, 5.41) is 1.57. The zero-order chi connectivity index (χ0) is 13.3. The molecule has 4 nitrogen and oxygen atoms in total. The number of thioether (sulfide) groups is 1. The summed E-state index contributed by atoms with van der Waals surface area (Å²) in [7, 11) is 0. The van der Waals surface area contributed by atoms with Gasteiger partial charge in [-0.1, -0.05) is 24.8 Å². The molecule has 1 unspecified atom stereocenters. The van der Waals surface area contributed by atoms with Gasteiger partial charge in [0.15, 0.2) is 0 Å². The number of benzene rings is 1. The van der Waals surface area contributed by atoms with Crippen molar-refractivity contribution in [3.8, 4) is 0 Å². The standard InChI is InChI=1S/C14H19N3OS.2ClH/c1-3-19-14(17-6-8-18-9-7-17)15-12-5-4-11(2)10-13(12)16-14;;/h4-5,10H,3,6-9H2,1-2H3;2*1H. The van der Waals surface area contributed by atoms with Gasteiger partial charge >= 0.3 is 0 Å². The maximum Gasteiger partial charge on any atom is 0.258 e. The summed E-state index contributed by atoms with van der Waals surface area (Å²) >= 11 is 1.79. The molecule has 2 aliphatic rings. The molecule has 7 heteroatoms. The molecule has 0 amide bonds. The molecular weight excluding hydrogens is 329 g/mol. The third-order valence-corrected chi connectivity index (χ3v) is 4.54. The third-order valence-electron chi connectivity index (χ3n) is 3.42. The third kappa shape index (κ3) is 3.71. The fraction of sp³-hybridized carbons (Fsp3) is 0.571. The predicted molar refractivity (Wildman–Crippen MR) is 91.2 cm³/mol. The van der Waals surface area contributed by atoms with Gasteiger partial charge in [-0.2, -0.15) is 0 Å². The van der Waals surface area contributed by atoms with E-state index in [0.717, 1.165) is 42.8 Å². The van der Waals surface area contributed by atoms with Crippen molar-refractivity contribution in [3.63, 3.8) is 0 Å². The van der Waals surface area contributed by atoms with Gasteiger partial charge in [-0.3, -0.25) is 0 Å². The highest BCUT2D eigenvalue weighted by Gasteiger charge is 2.39. The van der Waals surface area contributed by atoms with Crippen LogP contribution in [0.3, 0.4) is 0 Å². The molecule has 1 fully saturated rings. The Morgan fingerprint density at radius 3 is 2.52 bits per heavy atom. The van der Waals surface area contributed by atoms with Gasteiger partial charge in [0.05, 0.1) is 23.9 Å². The number of halogens is 2. The first kappa shape index (κ1) is 18.7. The Labute approximate surface area is 141 Å². The summed E-state index contributed by atoms with van der Waals surface area (Å²) < 4.78 is 5.44. The molecule has 0 N–H and O–H groups in total.